The van der Waals surface area contributed by atoms with E-state index in [0.29, 0.717) is 48.6 Å². The molecule has 4 nitrogen and oxygen atoms in total. The fourth-order valence-electron chi connectivity index (χ4n) is 4.22. The Kier molecular flexibility index (Phi) is 6.94. The molecule has 0 saturated carbocycles. The maximum atomic E-state index is 13.8. The number of benzene rings is 3. The van der Waals surface area contributed by atoms with E-state index in [1.165, 1.54) is 0 Å². The standard InChI is InChI=1S/C26H27Cl2NO3/c1-17(2)16-32-24-10-9-23(19-5-3-4-6-20(19)24)29-25(30)26(11-13-31-14-12-26)21-8-7-18(27)15-22(21)28/h3-10,15,17H,11-14,16H2,1-2H3,(H,29,30). The van der Waals surface area contributed by atoms with Crippen LogP contribution in [0.1, 0.15) is 32.3 Å². The lowest BCUT2D eigenvalue weighted by atomic mass is 9.73. The third-order valence-corrected chi connectivity index (χ3v) is 6.48. The molecule has 4 rings (SSSR count). The van der Waals surface area contributed by atoms with E-state index in [4.69, 9.17) is 32.7 Å². The van der Waals surface area contributed by atoms with E-state index in [2.05, 4.69) is 19.2 Å². The van der Waals surface area contributed by atoms with Crippen LogP contribution in [0.25, 0.3) is 10.8 Å². The van der Waals surface area contributed by atoms with E-state index >= 15 is 0 Å². The third-order valence-electron chi connectivity index (χ3n) is 5.93. The molecular weight excluding hydrogens is 445 g/mol. The van der Waals surface area contributed by atoms with E-state index in [0.717, 1.165) is 27.8 Å². The van der Waals surface area contributed by atoms with Crippen molar-refractivity contribution in [3.05, 3.63) is 70.2 Å². The number of amides is 1. The minimum absolute atomic E-state index is 0.0916. The summed E-state index contributed by atoms with van der Waals surface area (Å²) >= 11 is 12.7. The molecule has 0 unspecified atom stereocenters. The van der Waals surface area contributed by atoms with Crippen LogP contribution >= 0.6 is 23.2 Å². The SMILES string of the molecule is CC(C)COc1ccc(NC(=O)C2(c3ccc(Cl)cc3Cl)CCOCC2)c2ccccc12. The number of rotatable bonds is 6. The lowest BCUT2D eigenvalue weighted by Crippen LogP contribution is -2.45. The van der Waals surface area contributed by atoms with Gasteiger partial charge >= 0.3 is 0 Å². The average Bonchev–Trinajstić information content (AvgIpc) is 2.79. The number of ether oxygens (including phenoxy) is 2. The summed E-state index contributed by atoms with van der Waals surface area (Å²) in [5.74, 6) is 1.14. The highest BCUT2D eigenvalue weighted by Gasteiger charge is 2.43. The molecule has 1 amide bonds. The zero-order chi connectivity index (χ0) is 22.7. The van der Waals surface area contributed by atoms with Crippen LogP contribution in [0.3, 0.4) is 0 Å². The number of carbonyl (C=O) groups excluding carboxylic acids is 1. The van der Waals surface area contributed by atoms with E-state index in [1.54, 1.807) is 12.1 Å². The molecule has 1 heterocycles. The Morgan fingerprint density at radius 3 is 2.47 bits per heavy atom. The van der Waals surface area contributed by atoms with Crippen molar-refractivity contribution >= 4 is 45.6 Å². The number of hydrogen-bond donors (Lipinski definition) is 1. The fourth-order valence-corrected chi connectivity index (χ4v) is 4.81. The van der Waals surface area contributed by atoms with E-state index in [9.17, 15) is 4.79 Å². The van der Waals surface area contributed by atoms with E-state index in [1.807, 2.05) is 42.5 Å². The van der Waals surface area contributed by atoms with Gasteiger partial charge in [0.05, 0.1) is 12.0 Å². The predicted octanol–water partition coefficient (Wildman–Crippen LogP) is 6.87. The molecule has 1 aliphatic rings. The topological polar surface area (TPSA) is 47.6 Å². The monoisotopic (exact) mass is 471 g/mol. The maximum Gasteiger partial charge on any atom is 0.235 e. The summed E-state index contributed by atoms with van der Waals surface area (Å²) in [4.78, 5) is 13.8. The molecule has 1 N–H and O–H groups in total. The number of fused-ring (bicyclic) bond motifs is 1. The number of hydrogen-bond acceptors (Lipinski definition) is 3. The summed E-state index contributed by atoms with van der Waals surface area (Å²) in [5.41, 5.74) is 0.748. The summed E-state index contributed by atoms with van der Waals surface area (Å²) in [6.07, 6.45) is 1.10. The molecule has 1 saturated heterocycles. The van der Waals surface area contributed by atoms with Crippen molar-refractivity contribution < 1.29 is 14.3 Å². The first-order valence-electron chi connectivity index (χ1n) is 10.9. The minimum atomic E-state index is -0.784. The van der Waals surface area contributed by atoms with Gasteiger partial charge in [0.2, 0.25) is 5.91 Å². The van der Waals surface area contributed by atoms with Crippen molar-refractivity contribution in [3.8, 4) is 5.75 Å². The Hall–Kier alpha value is -2.27. The van der Waals surface area contributed by atoms with Crippen molar-refractivity contribution in [1.29, 1.82) is 0 Å². The van der Waals surface area contributed by atoms with Crippen molar-refractivity contribution in [2.75, 3.05) is 25.1 Å². The average molecular weight is 472 g/mol. The normalized spacial score (nSPS) is 15.7. The highest BCUT2D eigenvalue weighted by molar-refractivity contribution is 6.35. The molecule has 0 aromatic heterocycles. The first kappa shape index (κ1) is 22.9. The summed E-state index contributed by atoms with van der Waals surface area (Å²) in [5, 5.41) is 6.13. The number of carbonyl (C=O) groups is 1. The molecule has 0 atom stereocenters. The smallest absolute Gasteiger partial charge is 0.235 e. The van der Waals surface area contributed by atoms with Crippen molar-refractivity contribution in [2.45, 2.75) is 32.1 Å². The van der Waals surface area contributed by atoms with Crippen molar-refractivity contribution in [3.63, 3.8) is 0 Å². The van der Waals surface area contributed by atoms with E-state index < -0.39 is 5.41 Å². The summed E-state index contributed by atoms with van der Waals surface area (Å²) < 4.78 is 11.6. The van der Waals surface area contributed by atoms with E-state index in [-0.39, 0.29) is 5.91 Å². The van der Waals surface area contributed by atoms with Crippen LogP contribution < -0.4 is 10.1 Å². The second kappa shape index (κ2) is 9.70. The Bertz CT molecular complexity index is 1120. The van der Waals surface area contributed by atoms with Crippen LogP contribution in [-0.4, -0.2) is 25.7 Å². The van der Waals surface area contributed by atoms with Gasteiger partial charge < -0.3 is 14.8 Å². The maximum absolute atomic E-state index is 13.8. The Balaban J connectivity index is 1.71. The summed E-state index contributed by atoms with van der Waals surface area (Å²) in [6, 6.07) is 17.1. The van der Waals surface area contributed by atoms with Gasteiger partial charge in [0.15, 0.2) is 0 Å². The van der Waals surface area contributed by atoms with Gasteiger partial charge in [0.1, 0.15) is 5.75 Å². The molecule has 3 aromatic carbocycles. The molecule has 1 fully saturated rings. The van der Waals surface area contributed by atoms with Gasteiger partial charge in [-0.15, -0.1) is 0 Å². The molecule has 0 aliphatic carbocycles. The second-order valence-corrected chi connectivity index (χ2v) is 9.48. The summed E-state index contributed by atoms with van der Waals surface area (Å²) in [7, 11) is 0. The highest BCUT2D eigenvalue weighted by Crippen LogP contribution is 2.41. The van der Waals surface area contributed by atoms with Gasteiger partial charge in [-0.05, 0) is 48.6 Å². The van der Waals surface area contributed by atoms with Gasteiger partial charge in [-0.3, -0.25) is 4.79 Å². The number of nitrogens with one attached hydrogen (secondary N) is 1. The van der Waals surface area contributed by atoms with Gasteiger partial charge in [0.25, 0.3) is 0 Å². The Labute approximate surface area is 198 Å². The fraction of sp³-hybridized carbons (Fsp3) is 0.346. The summed E-state index contributed by atoms with van der Waals surface area (Å²) in [6.45, 7) is 5.86. The van der Waals surface area contributed by atoms with Crippen LogP contribution in [0.5, 0.6) is 5.75 Å². The number of anilines is 1. The Morgan fingerprint density at radius 2 is 1.78 bits per heavy atom. The molecule has 168 valence electrons. The number of halogens is 2. The van der Waals surface area contributed by atoms with Crippen LogP contribution in [0.2, 0.25) is 10.0 Å². The molecule has 32 heavy (non-hydrogen) atoms. The lowest BCUT2D eigenvalue weighted by molar-refractivity contribution is -0.125. The van der Waals surface area contributed by atoms with Crippen LogP contribution in [0, 0.1) is 5.92 Å². The Morgan fingerprint density at radius 1 is 1.06 bits per heavy atom. The molecule has 0 radical (unpaired) electrons. The van der Waals surface area contributed by atoms with Crippen LogP contribution in [-0.2, 0) is 14.9 Å². The van der Waals surface area contributed by atoms with Crippen LogP contribution in [0.4, 0.5) is 5.69 Å². The van der Waals surface area contributed by atoms with Crippen molar-refractivity contribution in [1.82, 2.24) is 0 Å². The largest absolute Gasteiger partial charge is 0.493 e. The molecule has 0 bridgehead atoms. The first-order chi connectivity index (χ1) is 15.4. The predicted molar refractivity (Wildman–Crippen MR) is 131 cm³/mol. The molecule has 1 aliphatic heterocycles. The van der Waals surface area contributed by atoms with Crippen LogP contribution in [0.15, 0.2) is 54.6 Å². The quantitative estimate of drug-likeness (QED) is 0.426. The highest BCUT2D eigenvalue weighted by atomic mass is 35.5. The zero-order valence-corrected chi connectivity index (χ0v) is 19.8. The van der Waals surface area contributed by atoms with Gasteiger partial charge in [-0.2, -0.15) is 0 Å². The van der Waals surface area contributed by atoms with Crippen molar-refractivity contribution in [2.24, 2.45) is 5.92 Å². The lowest BCUT2D eigenvalue weighted by Gasteiger charge is -2.37. The van der Waals surface area contributed by atoms with Gasteiger partial charge in [-0.25, -0.2) is 0 Å². The molecular formula is C26H27Cl2NO3. The third kappa shape index (κ3) is 4.59. The molecule has 6 heteroatoms. The first-order valence-corrected chi connectivity index (χ1v) is 11.7. The van der Waals surface area contributed by atoms with Gasteiger partial charge in [-0.1, -0.05) is 67.4 Å². The molecule has 0 spiro atoms. The molecule has 3 aromatic rings. The minimum Gasteiger partial charge on any atom is -0.493 e. The second-order valence-electron chi connectivity index (χ2n) is 8.63. The zero-order valence-electron chi connectivity index (χ0n) is 18.3. The van der Waals surface area contributed by atoms with Gasteiger partial charge in [0, 0.05) is 39.7 Å².